The minimum atomic E-state index is 0.632. The van der Waals surface area contributed by atoms with Crippen LogP contribution in [0.5, 0.6) is 0 Å². The lowest BCUT2D eigenvalue weighted by Crippen LogP contribution is -2.00. The molecule has 0 bridgehead atoms. The van der Waals surface area contributed by atoms with Gasteiger partial charge in [-0.2, -0.15) is 5.10 Å². The Kier molecular flexibility index (Phi) is 2.18. The Labute approximate surface area is 96.5 Å². The standard InChI is InChI=1S/C10H10ClN3S/c11-9-4-3-8(15-9)7-5-10(14-13-7)12-6-1-2-6/h3-6H,1-2H2,(H2,12,13,14). The van der Waals surface area contributed by atoms with Gasteiger partial charge < -0.3 is 5.32 Å². The maximum absolute atomic E-state index is 5.88. The highest BCUT2D eigenvalue weighted by Gasteiger charge is 2.21. The molecule has 3 nitrogen and oxygen atoms in total. The summed E-state index contributed by atoms with van der Waals surface area (Å²) >= 11 is 7.44. The first-order valence-electron chi connectivity index (χ1n) is 4.89. The number of hydrogen-bond acceptors (Lipinski definition) is 3. The summed E-state index contributed by atoms with van der Waals surface area (Å²) in [7, 11) is 0. The van der Waals surface area contributed by atoms with E-state index in [0.29, 0.717) is 6.04 Å². The van der Waals surface area contributed by atoms with Crippen LogP contribution in [-0.2, 0) is 0 Å². The van der Waals surface area contributed by atoms with E-state index in [9.17, 15) is 0 Å². The zero-order valence-electron chi connectivity index (χ0n) is 7.96. The van der Waals surface area contributed by atoms with Crippen LogP contribution in [0.2, 0.25) is 4.34 Å². The molecule has 0 amide bonds. The van der Waals surface area contributed by atoms with E-state index in [1.54, 1.807) is 11.3 Å². The molecule has 2 N–H and O–H groups in total. The van der Waals surface area contributed by atoms with Gasteiger partial charge in [0.15, 0.2) is 0 Å². The summed E-state index contributed by atoms with van der Waals surface area (Å²) in [6, 6.07) is 6.56. The Balaban J connectivity index is 1.82. The Morgan fingerprint density at radius 2 is 2.33 bits per heavy atom. The van der Waals surface area contributed by atoms with Crippen LogP contribution in [0, 0.1) is 0 Å². The third-order valence-electron chi connectivity index (χ3n) is 2.35. The number of thiophene rings is 1. The Bertz CT molecular complexity index is 472. The number of aromatic amines is 1. The number of anilines is 1. The molecular formula is C10H10ClN3S. The van der Waals surface area contributed by atoms with Gasteiger partial charge in [0.05, 0.1) is 14.9 Å². The Morgan fingerprint density at radius 1 is 1.47 bits per heavy atom. The molecule has 1 aliphatic rings. The molecule has 1 fully saturated rings. The summed E-state index contributed by atoms with van der Waals surface area (Å²) in [4.78, 5) is 1.12. The van der Waals surface area contributed by atoms with E-state index in [4.69, 9.17) is 11.6 Å². The zero-order chi connectivity index (χ0) is 10.3. The molecule has 0 unspecified atom stereocenters. The number of nitrogens with one attached hydrogen (secondary N) is 2. The van der Waals surface area contributed by atoms with Crippen LogP contribution in [0.3, 0.4) is 0 Å². The van der Waals surface area contributed by atoms with Crippen LogP contribution in [0.25, 0.3) is 10.6 Å². The Morgan fingerprint density at radius 3 is 3.00 bits per heavy atom. The lowest BCUT2D eigenvalue weighted by Gasteiger charge is -1.95. The predicted octanol–water partition coefficient (Wildman–Crippen LogP) is 3.37. The highest BCUT2D eigenvalue weighted by Crippen LogP contribution is 2.31. The number of hydrogen-bond donors (Lipinski definition) is 2. The van der Waals surface area contributed by atoms with Gasteiger partial charge in [0, 0.05) is 12.1 Å². The van der Waals surface area contributed by atoms with Crippen molar-refractivity contribution < 1.29 is 0 Å². The molecule has 2 aromatic heterocycles. The lowest BCUT2D eigenvalue weighted by atomic mass is 10.3. The van der Waals surface area contributed by atoms with Crippen LogP contribution in [0.1, 0.15) is 12.8 Å². The molecule has 15 heavy (non-hydrogen) atoms. The zero-order valence-corrected chi connectivity index (χ0v) is 9.53. The molecule has 0 aromatic carbocycles. The predicted molar refractivity (Wildman–Crippen MR) is 63.6 cm³/mol. The average Bonchev–Trinajstić information content (AvgIpc) is 2.74. The van der Waals surface area contributed by atoms with Crippen molar-refractivity contribution in [3.8, 4) is 10.6 Å². The fourth-order valence-electron chi connectivity index (χ4n) is 1.42. The summed E-state index contributed by atoms with van der Waals surface area (Å²) in [5.41, 5.74) is 1.02. The van der Waals surface area contributed by atoms with Crippen LogP contribution in [0.4, 0.5) is 5.82 Å². The second-order valence-corrected chi connectivity index (χ2v) is 5.40. The maximum Gasteiger partial charge on any atom is 0.148 e. The van der Waals surface area contributed by atoms with E-state index in [2.05, 4.69) is 15.5 Å². The second kappa shape index (κ2) is 3.54. The molecule has 1 aliphatic carbocycles. The molecule has 5 heteroatoms. The molecule has 0 saturated heterocycles. The van der Waals surface area contributed by atoms with Crippen molar-refractivity contribution in [2.45, 2.75) is 18.9 Å². The fourth-order valence-corrected chi connectivity index (χ4v) is 2.43. The molecule has 78 valence electrons. The monoisotopic (exact) mass is 239 g/mol. The topological polar surface area (TPSA) is 40.7 Å². The van der Waals surface area contributed by atoms with Gasteiger partial charge in [-0.15, -0.1) is 11.3 Å². The van der Waals surface area contributed by atoms with E-state index in [1.165, 1.54) is 12.8 Å². The molecule has 0 aliphatic heterocycles. The average molecular weight is 240 g/mol. The van der Waals surface area contributed by atoms with Crippen LogP contribution >= 0.6 is 22.9 Å². The van der Waals surface area contributed by atoms with Gasteiger partial charge in [-0.3, -0.25) is 5.10 Å². The normalized spacial score (nSPS) is 15.5. The van der Waals surface area contributed by atoms with Gasteiger partial charge in [0.2, 0.25) is 0 Å². The maximum atomic E-state index is 5.88. The number of H-pyrrole nitrogens is 1. The van der Waals surface area contributed by atoms with Crippen LogP contribution in [-0.4, -0.2) is 16.2 Å². The van der Waals surface area contributed by atoms with Crippen molar-refractivity contribution in [1.29, 1.82) is 0 Å². The highest BCUT2D eigenvalue weighted by atomic mass is 35.5. The van der Waals surface area contributed by atoms with Gasteiger partial charge in [0.1, 0.15) is 5.82 Å². The summed E-state index contributed by atoms with van der Waals surface area (Å²) < 4.78 is 0.802. The minimum absolute atomic E-state index is 0.632. The number of halogens is 1. The van der Waals surface area contributed by atoms with Crippen molar-refractivity contribution in [1.82, 2.24) is 10.2 Å². The van der Waals surface area contributed by atoms with E-state index in [1.807, 2.05) is 18.2 Å². The molecule has 0 atom stereocenters. The molecule has 2 aromatic rings. The van der Waals surface area contributed by atoms with Gasteiger partial charge in [-0.05, 0) is 25.0 Å². The number of rotatable bonds is 3. The van der Waals surface area contributed by atoms with Crippen molar-refractivity contribution in [2.75, 3.05) is 5.32 Å². The fraction of sp³-hybridized carbons (Fsp3) is 0.300. The quantitative estimate of drug-likeness (QED) is 0.862. The van der Waals surface area contributed by atoms with Gasteiger partial charge in [0.25, 0.3) is 0 Å². The lowest BCUT2D eigenvalue weighted by molar-refractivity contribution is 1.05. The van der Waals surface area contributed by atoms with E-state index in [-0.39, 0.29) is 0 Å². The third-order valence-corrected chi connectivity index (χ3v) is 3.61. The first kappa shape index (κ1) is 9.24. The van der Waals surface area contributed by atoms with E-state index in [0.717, 1.165) is 20.7 Å². The largest absolute Gasteiger partial charge is 0.366 e. The molecular weight excluding hydrogens is 230 g/mol. The van der Waals surface area contributed by atoms with Crippen molar-refractivity contribution in [3.05, 3.63) is 22.5 Å². The first-order valence-corrected chi connectivity index (χ1v) is 6.08. The molecule has 3 rings (SSSR count). The van der Waals surface area contributed by atoms with Crippen molar-refractivity contribution >= 4 is 28.8 Å². The molecule has 2 heterocycles. The summed E-state index contributed by atoms with van der Waals surface area (Å²) in [5, 5.41) is 10.6. The van der Waals surface area contributed by atoms with Gasteiger partial charge in [-0.1, -0.05) is 11.6 Å². The first-order chi connectivity index (χ1) is 7.31. The van der Waals surface area contributed by atoms with Gasteiger partial charge >= 0.3 is 0 Å². The number of nitrogens with zero attached hydrogens (tertiary/aromatic N) is 1. The van der Waals surface area contributed by atoms with Crippen molar-refractivity contribution in [3.63, 3.8) is 0 Å². The van der Waals surface area contributed by atoms with E-state index < -0.39 is 0 Å². The smallest absolute Gasteiger partial charge is 0.148 e. The van der Waals surface area contributed by atoms with Crippen molar-refractivity contribution in [2.24, 2.45) is 0 Å². The summed E-state index contributed by atoms with van der Waals surface area (Å²) in [5.74, 6) is 0.928. The third kappa shape index (κ3) is 2.01. The second-order valence-electron chi connectivity index (χ2n) is 3.69. The molecule has 1 saturated carbocycles. The molecule has 0 spiro atoms. The van der Waals surface area contributed by atoms with E-state index >= 15 is 0 Å². The van der Waals surface area contributed by atoms with Gasteiger partial charge in [-0.25, -0.2) is 0 Å². The SMILES string of the molecule is Clc1ccc(-c2cc(NC3CC3)n[nH]2)s1. The minimum Gasteiger partial charge on any atom is -0.366 e. The summed E-state index contributed by atoms with van der Waals surface area (Å²) in [6.07, 6.45) is 2.51. The summed E-state index contributed by atoms with van der Waals surface area (Å²) in [6.45, 7) is 0. The Hall–Kier alpha value is -1.00. The molecule has 0 radical (unpaired) electrons. The number of aromatic nitrogens is 2. The van der Waals surface area contributed by atoms with Crippen LogP contribution < -0.4 is 5.32 Å². The van der Waals surface area contributed by atoms with Crippen LogP contribution in [0.15, 0.2) is 18.2 Å². The highest BCUT2D eigenvalue weighted by molar-refractivity contribution is 7.19.